The monoisotopic (exact) mass is 325 g/mol. The second-order valence-corrected chi connectivity index (χ2v) is 7.40. The van der Waals surface area contributed by atoms with Crippen molar-refractivity contribution in [3.63, 3.8) is 0 Å². The second kappa shape index (κ2) is 7.39. The number of fused-ring (bicyclic) bond motifs is 1. The Balaban J connectivity index is 1.52. The van der Waals surface area contributed by atoms with Gasteiger partial charge < -0.3 is 19.1 Å². The van der Waals surface area contributed by atoms with E-state index in [4.69, 9.17) is 14.2 Å². The molecule has 0 bridgehead atoms. The summed E-state index contributed by atoms with van der Waals surface area (Å²) in [6.45, 7) is 5.56. The molecule has 0 saturated carbocycles. The Morgan fingerprint density at radius 2 is 2.00 bits per heavy atom. The zero-order valence-electron chi connectivity index (χ0n) is 14.6. The molecule has 3 heterocycles. The number of hydrogen-bond acceptors (Lipinski definition) is 4. The molecule has 23 heavy (non-hydrogen) atoms. The summed E-state index contributed by atoms with van der Waals surface area (Å²) in [4.78, 5) is 14.5. The maximum Gasteiger partial charge on any atom is 0.410 e. The van der Waals surface area contributed by atoms with Crippen molar-refractivity contribution in [3.05, 3.63) is 0 Å². The van der Waals surface area contributed by atoms with Crippen LogP contribution in [0.4, 0.5) is 4.79 Å². The van der Waals surface area contributed by atoms with Crippen molar-refractivity contribution in [2.75, 3.05) is 13.2 Å². The van der Waals surface area contributed by atoms with E-state index in [2.05, 4.69) is 6.92 Å². The van der Waals surface area contributed by atoms with Gasteiger partial charge in [0.15, 0.2) is 5.79 Å². The minimum absolute atomic E-state index is 0.0796. The number of nitrogens with zero attached hydrogens (tertiary/aromatic N) is 1. The highest BCUT2D eigenvalue weighted by Gasteiger charge is 2.41. The molecule has 5 heteroatoms. The van der Waals surface area contributed by atoms with Gasteiger partial charge in [-0.05, 0) is 45.4 Å². The Hall–Kier alpha value is -0.810. The summed E-state index contributed by atoms with van der Waals surface area (Å²) in [5, 5.41) is 0. The Morgan fingerprint density at radius 3 is 2.74 bits per heavy atom. The van der Waals surface area contributed by atoms with E-state index in [9.17, 15) is 4.79 Å². The maximum atomic E-state index is 12.5. The number of amides is 1. The molecular formula is C18H31NO4. The van der Waals surface area contributed by atoms with Gasteiger partial charge in [-0.1, -0.05) is 13.3 Å². The molecule has 132 valence electrons. The van der Waals surface area contributed by atoms with Crippen molar-refractivity contribution in [2.45, 2.75) is 95.6 Å². The summed E-state index contributed by atoms with van der Waals surface area (Å²) in [7, 11) is 0. The van der Waals surface area contributed by atoms with Crippen molar-refractivity contribution in [1.82, 2.24) is 4.90 Å². The number of hydrogen-bond donors (Lipinski definition) is 0. The van der Waals surface area contributed by atoms with Crippen LogP contribution in [0.3, 0.4) is 0 Å². The molecular weight excluding hydrogens is 294 g/mol. The lowest BCUT2D eigenvalue weighted by atomic mass is 9.88. The lowest BCUT2D eigenvalue weighted by Crippen LogP contribution is -2.55. The molecule has 3 aliphatic rings. The third-order valence-corrected chi connectivity index (χ3v) is 5.55. The van der Waals surface area contributed by atoms with Crippen LogP contribution < -0.4 is 0 Å². The molecule has 0 aromatic heterocycles. The molecule has 3 saturated heterocycles. The summed E-state index contributed by atoms with van der Waals surface area (Å²) in [5.41, 5.74) is 0. The Kier molecular flexibility index (Phi) is 5.47. The summed E-state index contributed by atoms with van der Waals surface area (Å²) >= 11 is 0. The van der Waals surface area contributed by atoms with E-state index in [0.29, 0.717) is 25.3 Å². The van der Waals surface area contributed by atoms with Crippen LogP contribution in [-0.2, 0) is 14.2 Å². The Bertz CT molecular complexity index is 408. The van der Waals surface area contributed by atoms with E-state index in [1.54, 1.807) is 0 Å². The third-order valence-electron chi connectivity index (χ3n) is 5.55. The third kappa shape index (κ3) is 4.00. The van der Waals surface area contributed by atoms with Gasteiger partial charge >= 0.3 is 6.09 Å². The highest BCUT2D eigenvalue weighted by molar-refractivity contribution is 5.69. The standard InChI is InChI=1S/C18H31NO4/c1-3-6-16-13-15-8-4-7-14(19(15)17(20)23-16)9-5-10-18(2)21-11-12-22-18/h14-16H,3-13H2,1-2H3/t14-,15-,16+/m0/s1. The normalized spacial score (nSPS) is 33.4. The molecule has 3 fully saturated rings. The van der Waals surface area contributed by atoms with Gasteiger partial charge in [0.25, 0.3) is 0 Å². The lowest BCUT2D eigenvalue weighted by Gasteiger charge is -2.46. The van der Waals surface area contributed by atoms with Crippen molar-refractivity contribution < 1.29 is 19.0 Å². The van der Waals surface area contributed by atoms with Crippen LogP contribution in [0.1, 0.15) is 71.6 Å². The van der Waals surface area contributed by atoms with E-state index >= 15 is 0 Å². The first-order valence-corrected chi connectivity index (χ1v) is 9.38. The molecule has 3 rings (SSSR count). The van der Waals surface area contributed by atoms with Gasteiger partial charge in [-0.25, -0.2) is 4.79 Å². The number of cyclic esters (lactones) is 1. The van der Waals surface area contributed by atoms with Gasteiger partial charge in [0, 0.05) is 24.9 Å². The fourth-order valence-electron chi connectivity index (χ4n) is 4.39. The molecule has 0 radical (unpaired) electrons. The number of piperidine rings is 1. The lowest BCUT2D eigenvalue weighted by molar-refractivity contribution is -0.148. The summed E-state index contributed by atoms with van der Waals surface area (Å²) in [6, 6.07) is 0.718. The molecule has 0 N–H and O–H groups in total. The zero-order chi connectivity index (χ0) is 16.3. The smallest absolute Gasteiger partial charge is 0.410 e. The van der Waals surface area contributed by atoms with Crippen molar-refractivity contribution in [2.24, 2.45) is 0 Å². The second-order valence-electron chi connectivity index (χ2n) is 7.40. The average Bonchev–Trinajstić information content (AvgIpc) is 2.94. The average molecular weight is 325 g/mol. The summed E-state index contributed by atoms with van der Waals surface area (Å²) in [6.07, 6.45) is 9.54. The fraction of sp³-hybridized carbons (Fsp3) is 0.944. The minimum Gasteiger partial charge on any atom is -0.446 e. The van der Waals surface area contributed by atoms with E-state index in [0.717, 1.165) is 51.4 Å². The molecule has 5 nitrogen and oxygen atoms in total. The molecule has 1 amide bonds. The van der Waals surface area contributed by atoms with Gasteiger partial charge in [0.2, 0.25) is 0 Å². The van der Waals surface area contributed by atoms with E-state index in [-0.39, 0.29) is 12.2 Å². The number of ether oxygens (including phenoxy) is 3. The quantitative estimate of drug-likeness (QED) is 0.744. The SMILES string of the molecule is CCC[C@@H]1C[C@@H]2CCC[C@@H](CCCC3(C)OCCO3)N2C(=O)O1. The van der Waals surface area contributed by atoms with Crippen molar-refractivity contribution in [3.8, 4) is 0 Å². The van der Waals surface area contributed by atoms with Crippen LogP contribution in [0, 0.1) is 0 Å². The molecule has 0 unspecified atom stereocenters. The highest BCUT2D eigenvalue weighted by atomic mass is 16.7. The van der Waals surface area contributed by atoms with E-state index < -0.39 is 5.79 Å². The molecule has 3 aliphatic heterocycles. The highest BCUT2D eigenvalue weighted by Crippen LogP contribution is 2.35. The summed E-state index contributed by atoms with van der Waals surface area (Å²) in [5.74, 6) is -0.414. The van der Waals surface area contributed by atoms with Crippen LogP contribution >= 0.6 is 0 Å². The largest absolute Gasteiger partial charge is 0.446 e. The summed E-state index contributed by atoms with van der Waals surface area (Å²) < 4.78 is 17.0. The molecule has 3 atom stereocenters. The van der Waals surface area contributed by atoms with Gasteiger partial charge in [-0.2, -0.15) is 0 Å². The van der Waals surface area contributed by atoms with Crippen LogP contribution in [0.25, 0.3) is 0 Å². The van der Waals surface area contributed by atoms with Crippen molar-refractivity contribution >= 4 is 6.09 Å². The first kappa shape index (κ1) is 17.0. The first-order chi connectivity index (χ1) is 11.1. The van der Waals surface area contributed by atoms with Crippen LogP contribution in [0.15, 0.2) is 0 Å². The van der Waals surface area contributed by atoms with Gasteiger partial charge in [0.1, 0.15) is 6.10 Å². The zero-order valence-corrected chi connectivity index (χ0v) is 14.6. The van der Waals surface area contributed by atoms with Gasteiger partial charge in [0.05, 0.1) is 13.2 Å². The van der Waals surface area contributed by atoms with Crippen molar-refractivity contribution in [1.29, 1.82) is 0 Å². The maximum absolute atomic E-state index is 12.5. The predicted molar refractivity (Wildman–Crippen MR) is 87.2 cm³/mol. The number of rotatable bonds is 6. The first-order valence-electron chi connectivity index (χ1n) is 9.38. The van der Waals surface area contributed by atoms with Crippen LogP contribution in [-0.4, -0.2) is 48.2 Å². The van der Waals surface area contributed by atoms with Gasteiger partial charge in [-0.3, -0.25) is 0 Å². The topological polar surface area (TPSA) is 48.0 Å². The molecule has 0 aliphatic carbocycles. The fourth-order valence-corrected chi connectivity index (χ4v) is 4.39. The van der Waals surface area contributed by atoms with Crippen LogP contribution in [0.2, 0.25) is 0 Å². The van der Waals surface area contributed by atoms with Gasteiger partial charge in [-0.15, -0.1) is 0 Å². The molecule has 0 aromatic carbocycles. The van der Waals surface area contributed by atoms with E-state index in [1.165, 1.54) is 6.42 Å². The number of carbonyl (C=O) groups excluding carboxylic acids is 1. The molecule has 0 aromatic rings. The van der Waals surface area contributed by atoms with Crippen LogP contribution in [0.5, 0.6) is 0 Å². The Labute approximate surface area is 139 Å². The Morgan fingerprint density at radius 1 is 1.22 bits per heavy atom. The number of carbonyl (C=O) groups is 1. The minimum atomic E-state index is -0.414. The molecule has 0 spiro atoms. The predicted octanol–water partition coefficient (Wildman–Crippen LogP) is 3.85. The van der Waals surface area contributed by atoms with E-state index in [1.807, 2.05) is 11.8 Å².